The number of rotatable bonds is 3. The lowest BCUT2D eigenvalue weighted by atomic mass is 10.2. The average molecular weight is 283 g/mol. The van der Waals surface area contributed by atoms with Gasteiger partial charge in [0.05, 0.1) is 0 Å². The summed E-state index contributed by atoms with van der Waals surface area (Å²) in [5.74, 6) is 0.0968. The third-order valence-corrected chi connectivity index (χ3v) is 2.94. The van der Waals surface area contributed by atoms with Gasteiger partial charge in [-0.3, -0.25) is 9.36 Å². The maximum absolute atomic E-state index is 11.5. The van der Waals surface area contributed by atoms with Crippen LogP contribution < -0.4 is 10.5 Å². The Morgan fingerprint density at radius 1 is 1.29 bits per heavy atom. The molecule has 106 valence electrons. The SMILES string of the molecule is CC(=O)n1cnc2c(OCc3ccccc3)nc(N)nc21. The van der Waals surface area contributed by atoms with Crippen LogP contribution in [-0.4, -0.2) is 25.4 Å². The summed E-state index contributed by atoms with van der Waals surface area (Å²) in [6.07, 6.45) is 1.39. The molecule has 0 aliphatic rings. The maximum Gasteiger partial charge on any atom is 0.247 e. The number of ether oxygens (including phenoxy) is 1. The van der Waals surface area contributed by atoms with Crippen LogP contribution in [0, 0.1) is 0 Å². The van der Waals surface area contributed by atoms with Crippen LogP contribution in [-0.2, 0) is 6.61 Å². The van der Waals surface area contributed by atoms with Gasteiger partial charge in [-0.15, -0.1) is 0 Å². The van der Waals surface area contributed by atoms with Gasteiger partial charge < -0.3 is 10.5 Å². The fraction of sp³-hybridized carbons (Fsp3) is 0.143. The lowest BCUT2D eigenvalue weighted by Crippen LogP contribution is -2.07. The minimum Gasteiger partial charge on any atom is -0.471 e. The predicted octanol–water partition coefficient (Wildman–Crippen LogP) is 1.65. The zero-order valence-electron chi connectivity index (χ0n) is 11.4. The topological polar surface area (TPSA) is 95.9 Å². The number of hydrogen-bond acceptors (Lipinski definition) is 6. The van der Waals surface area contributed by atoms with Crippen molar-refractivity contribution in [2.45, 2.75) is 13.5 Å². The maximum atomic E-state index is 11.5. The van der Waals surface area contributed by atoms with Crippen molar-refractivity contribution >= 4 is 23.0 Å². The van der Waals surface area contributed by atoms with E-state index in [-0.39, 0.29) is 17.7 Å². The highest BCUT2D eigenvalue weighted by Crippen LogP contribution is 2.22. The molecule has 3 aromatic rings. The second-order valence-electron chi connectivity index (χ2n) is 4.47. The first-order chi connectivity index (χ1) is 10.1. The van der Waals surface area contributed by atoms with Gasteiger partial charge in [-0.1, -0.05) is 30.3 Å². The lowest BCUT2D eigenvalue weighted by molar-refractivity contribution is 0.0940. The monoisotopic (exact) mass is 283 g/mol. The van der Waals surface area contributed by atoms with Crippen molar-refractivity contribution in [1.82, 2.24) is 19.5 Å². The molecule has 0 amide bonds. The van der Waals surface area contributed by atoms with Crippen molar-refractivity contribution in [3.8, 4) is 5.88 Å². The summed E-state index contributed by atoms with van der Waals surface area (Å²) in [6, 6.07) is 9.66. The van der Waals surface area contributed by atoms with Gasteiger partial charge in [-0.05, 0) is 5.56 Å². The van der Waals surface area contributed by atoms with E-state index in [1.807, 2.05) is 30.3 Å². The van der Waals surface area contributed by atoms with E-state index in [1.54, 1.807) is 0 Å². The molecule has 2 aromatic heterocycles. The molecule has 0 radical (unpaired) electrons. The number of hydrogen-bond donors (Lipinski definition) is 1. The molecule has 0 saturated heterocycles. The molecule has 0 bridgehead atoms. The third-order valence-electron chi connectivity index (χ3n) is 2.94. The lowest BCUT2D eigenvalue weighted by Gasteiger charge is -2.06. The molecular formula is C14H13N5O2. The van der Waals surface area contributed by atoms with Crippen LogP contribution in [0.1, 0.15) is 17.3 Å². The van der Waals surface area contributed by atoms with E-state index >= 15 is 0 Å². The largest absolute Gasteiger partial charge is 0.471 e. The minimum atomic E-state index is -0.204. The smallest absolute Gasteiger partial charge is 0.247 e. The number of carbonyl (C=O) groups is 1. The van der Waals surface area contributed by atoms with E-state index < -0.39 is 0 Å². The Bertz CT molecular complexity index is 798. The van der Waals surface area contributed by atoms with Gasteiger partial charge in [0.15, 0.2) is 11.2 Å². The van der Waals surface area contributed by atoms with Crippen LogP contribution in [0.3, 0.4) is 0 Å². The number of nitrogens with zero attached hydrogens (tertiary/aromatic N) is 4. The Kier molecular flexibility index (Phi) is 3.23. The summed E-state index contributed by atoms with van der Waals surface area (Å²) in [5.41, 5.74) is 7.42. The normalized spacial score (nSPS) is 10.7. The molecule has 0 aliphatic carbocycles. The molecule has 0 aliphatic heterocycles. The molecule has 0 spiro atoms. The van der Waals surface area contributed by atoms with Crippen molar-refractivity contribution < 1.29 is 9.53 Å². The molecule has 7 heteroatoms. The molecule has 1 aromatic carbocycles. The van der Waals surface area contributed by atoms with Crippen molar-refractivity contribution in [3.63, 3.8) is 0 Å². The first-order valence-electron chi connectivity index (χ1n) is 6.33. The van der Waals surface area contributed by atoms with Crippen LogP contribution >= 0.6 is 0 Å². The second kappa shape index (κ2) is 5.20. The number of nitrogens with two attached hydrogens (primary N) is 1. The fourth-order valence-electron chi connectivity index (χ4n) is 1.95. The van der Waals surface area contributed by atoms with Gasteiger partial charge in [0, 0.05) is 6.92 Å². The number of anilines is 1. The molecule has 0 atom stereocenters. The molecule has 0 fully saturated rings. The quantitative estimate of drug-likeness (QED) is 0.785. The zero-order valence-corrected chi connectivity index (χ0v) is 11.4. The second-order valence-corrected chi connectivity index (χ2v) is 4.47. The highest BCUT2D eigenvalue weighted by Gasteiger charge is 2.15. The van der Waals surface area contributed by atoms with Crippen LogP contribution in [0.25, 0.3) is 11.2 Å². The molecular weight excluding hydrogens is 270 g/mol. The molecule has 0 unspecified atom stereocenters. The minimum absolute atomic E-state index is 0.0357. The molecule has 3 rings (SSSR count). The van der Waals surface area contributed by atoms with Crippen molar-refractivity contribution in [2.24, 2.45) is 0 Å². The highest BCUT2D eigenvalue weighted by atomic mass is 16.5. The van der Waals surface area contributed by atoms with Gasteiger partial charge in [-0.25, -0.2) is 4.98 Å². The summed E-state index contributed by atoms with van der Waals surface area (Å²) >= 11 is 0. The highest BCUT2D eigenvalue weighted by molar-refractivity contribution is 5.89. The molecule has 2 heterocycles. The number of fused-ring (bicyclic) bond motifs is 1. The van der Waals surface area contributed by atoms with Crippen LogP contribution in [0.15, 0.2) is 36.7 Å². The third kappa shape index (κ3) is 2.53. The summed E-state index contributed by atoms with van der Waals surface area (Å²) in [5, 5.41) is 0. The van der Waals surface area contributed by atoms with E-state index in [0.717, 1.165) is 5.56 Å². The number of nitrogen functional groups attached to an aromatic ring is 1. The van der Waals surface area contributed by atoms with E-state index in [1.165, 1.54) is 17.8 Å². The van der Waals surface area contributed by atoms with Crippen LogP contribution in [0.5, 0.6) is 5.88 Å². The van der Waals surface area contributed by atoms with Crippen molar-refractivity contribution in [3.05, 3.63) is 42.2 Å². The first-order valence-corrected chi connectivity index (χ1v) is 6.33. The number of carbonyl (C=O) groups excluding carboxylic acids is 1. The number of aromatic nitrogens is 4. The van der Waals surface area contributed by atoms with E-state index in [9.17, 15) is 4.79 Å². The molecule has 0 saturated carbocycles. The first kappa shape index (κ1) is 13.0. The number of imidazole rings is 1. The summed E-state index contributed by atoms with van der Waals surface area (Å²) < 4.78 is 6.97. The van der Waals surface area contributed by atoms with Gasteiger partial charge >= 0.3 is 0 Å². The Labute approximate surface area is 120 Å². The Morgan fingerprint density at radius 3 is 2.76 bits per heavy atom. The summed E-state index contributed by atoms with van der Waals surface area (Å²) in [7, 11) is 0. The molecule has 7 nitrogen and oxygen atoms in total. The van der Waals surface area contributed by atoms with Crippen LogP contribution in [0.2, 0.25) is 0 Å². The Balaban J connectivity index is 1.97. The van der Waals surface area contributed by atoms with Crippen molar-refractivity contribution in [1.29, 1.82) is 0 Å². The van der Waals surface area contributed by atoms with Gasteiger partial charge in [0.2, 0.25) is 17.7 Å². The standard InChI is InChI=1S/C14H13N5O2/c1-9(20)19-8-16-11-12(19)17-14(15)18-13(11)21-7-10-5-3-2-4-6-10/h2-6,8H,7H2,1H3,(H2,15,17,18). The Morgan fingerprint density at radius 2 is 2.05 bits per heavy atom. The van der Waals surface area contributed by atoms with E-state index in [0.29, 0.717) is 17.8 Å². The van der Waals surface area contributed by atoms with Gasteiger partial charge in [0.25, 0.3) is 0 Å². The zero-order chi connectivity index (χ0) is 14.8. The van der Waals surface area contributed by atoms with E-state index in [4.69, 9.17) is 10.5 Å². The molecule has 21 heavy (non-hydrogen) atoms. The summed E-state index contributed by atoms with van der Waals surface area (Å²) in [6.45, 7) is 1.75. The predicted molar refractivity (Wildman–Crippen MR) is 76.8 cm³/mol. The summed E-state index contributed by atoms with van der Waals surface area (Å²) in [4.78, 5) is 23.7. The molecule has 2 N–H and O–H groups in total. The van der Waals surface area contributed by atoms with Gasteiger partial charge in [-0.2, -0.15) is 9.97 Å². The fourth-order valence-corrected chi connectivity index (χ4v) is 1.95. The number of benzene rings is 1. The van der Waals surface area contributed by atoms with Gasteiger partial charge in [0.1, 0.15) is 12.9 Å². The van der Waals surface area contributed by atoms with Crippen LogP contribution in [0.4, 0.5) is 5.95 Å². The van der Waals surface area contributed by atoms with Crippen molar-refractivity contribution in [2.75, 3.05) is 5.73 Å². The average Bonchev–Trinajstić information content (AvgIpc) is 2.89. The Hall–Kier alpha value is -2.96. The van der Waals surface area contributed by atoms with E-state index in [2.05, 4.69) is 15.0 Å².